The second kappa shape index (κ2) is 4.45. The van der Waals surface area contributed by atoms with Gasteiger partial charge in [-0.05, 0) is 18.6 Å². The van der Waals surface area contributed by atoms with Gasteiger partial charge in [0.1, 0.15) is 0 Å². The molecular weight excluding hydrogens is 250 g/mol. The summed E-state index contributed by atoms with van der Waals surface area (Å²) >= 11 is 1.40. The summed E-state index contributed by atoms with van der Waals surface area (Å²) in [6.45, 7) is 0. The molecule has 3 rings (SSSR count). The Morgan fingerprint density at radius 1 is 1.39 bits per heavy atom. The zero-order chi connectivity index (χ0) is 12.5. The van der Waals surface area contributed by atoms with E-state index in [0.29, 0.717) is 12.8 Å². The molecule has 0 spiro atoms. The molecule has 2 aromatic heterocycles. The number of fused-ring (bicyclic) bond motifs is 1. The highest BCUT2D eigenvalue weighted by atomic mass is 32.2. The minimum atomic E-state index is -0.242. The number of pyridine rings is 1. The fourth-order valence-corrected chi connectivity index (χ4v) is 2.97. The van der Waals surface area contributed by atoms with Crippen LogP contribution in [0.5, 0.6) is 0 Å². The van der Waals surface area contributed by atoms with Gasteiger partial charge in [-0.15, -0.1) is 0 Å². The monoisotopic (exact) mass is 261 g/mol. The number of amides is 2. The maximum absolute atomic E-state index is 11.7. The Balaban J connectivity index is 1.84. The Bertz CT molecular complexity index is 623. The average molecular weight is 261 g/mol. The molecule has 1 atom stereocenters. The van der Waals surface area contributed by atoms with Crippen molar-refractivity contribution in [2.45, 2.75) is 23.2 Å². The molecule has 1 fully saturated rings. The molecule has 1 aliphatic rings. The standard InChI is InChI=1S/C12H11N3O2S/c16-10-5-4-9(11(17)14-10)18-12-13-7-8-3-1-2-6-15(8)12/h1-3,6-7,9H,4-5H2,(H,14,16,17). The van der Waals surface area contributed by atoms with E-state index in [1.54, 1.807) is 6.20 Å². The second-order valence-corrected chi connectivity index (χ2v) is 5.26. The van der Waals surface area contributed by atoms with Gasteiger partial charge < -0.3 is 0 Å². The minimum Gasteiger partial charge on any atom is -0.295 e. The third-order valence-corrected chi connectivity index (χ3v) is 4.09. The first-order valence-electron chi connectivity index (χ1n) is 5.66. The summed E-state index contributed by atoms with van der Waals surface area (Å²) in [6, 6.07) is 5.82. The maximum atomic E-state index is 11.7. The summed E-state index contributed by atoms with van der Waals surface area (Å²) in [5.74, 6) is -0.409. The largest absolute Gasteiger partial charge is 0.295 e. The summed E-state index contributed by atoms with van der Waals surface area (Å²) in [6.07, 6.45) is 4.65. The first-order chi connectivity index (χ1) is 8.74. The van der Waals surface area contributed by atoms with E-state index in [0.717, 1.165) is 10.7 Å². The van der Waals surface area contributed by atoms with E-state index < -0.39 is 0 Å². The molecular formula is C12H11N3O2S. The van der Waals surface area contributed by atoms with E-state index in [9.17, 15) is 9.59 Å². The molecule has 0 aromatic carbocycles. The third-order valence-electron chi connectivity index (χ3n) is 2.84. The number of piperidine rings is 1. The first kappa shape index (κ1) is 11.3. The number of imide groups is 1. The lowest BCUT2D eigenvalue weighted by molar-refractivity contribution is -0.132. The van der Waals surface area contributed by atoms with E-state index in [4.69, 9.17) is 0 Å². The van der Waals surface area contributed by atoms with Crippen LogP contribution in [0, 0.1) is 0 Å². The molecule has 5 nitrogen and oxygen atoms in total. The number of thioether (sulfide) groups is 1. The molecule has 2 amide bonds. The van der Waals surface area contributed by atoms with Crippen LogP contribution in [0.15, 0.2) is 35.7 Å². The number of carbonyl (C=O) groups is 2. The SMILES string of the molecule is O=C1CCC(Sc2ncc3ccccn23)C(=O)N1. The Morgan fingerprint density at radius 3 is 3.11 bits per heavy atom. The van der Waals surface area contributed by atoms with Crippen LogP contribution in [0.2, 0.25) is 0 Å². The fraction of sp³-hybridized carbons (Fsp3) is 0.250. The number of carbonyl (C=O) groups excluding carboxylic acids is 2. The second-order valence-electron chi connectivity index (χ2n) is 4.09. The van der Waals surface area contributed by atoms with Gasteiger partial charge in [0.15, 0.2) is 5.16 Å². The van der Waals surface area contributed by atoms with Crippen LogP contribution in [0.3, 0.4) is 0 Å². The Morgan fingerprint density at radius 2 is 2.28 bits per heavy atom. The van der Waals surface area contributed by atoms with Gasteiger partial charge in [0.05, 0.1) is 17.0 Å². The Kier molecular flexibility index (Phi) is 2.79. The van der Waals surface area contributed by atoms with E-state index in [-0.39, 0.29) is 17.1 Å². The number of nitrogens with zero attached hydrogens (tertiary/aromatic N) is 2. The van der Waals surface area contributed by atoms with Crippen molar-refractivity contribution in [1.29, 1.82) is 0 Å². The number of nitrogens with one attached hydrogen (secondary N) is 1. The zero-order valence-electron chi connectivity index (χ0n) is 9.50. The molecule has 0 radical (unpaired) electrons. The van der Waals surface area contributed by atoms with Crippen LogP contribution in [-0.2, 0) is 9.59 Å². The summed E-state index contributed by atoms with van der Waals surface area (Å²) in [4.78, 5) is 27.1. The number of hydrogen-bond acceptors (Lipinski definition) is 4. The highest BCUT2D eigenvalue weighted by Crippen LogP contribution is 2.27. The van der Waals surface area contributed by atoms with Crippen LogP contribution in [0.25, 0.3) is 5.52 Å². The lowest BCUT2D eigenvalue weighted by Gasteiger charge is -2.19. The number of imidazole rings is 1. The highest BCUT2D eigenvalue weighted by molar-refractivity contribution is 8.00. The molecule has 1 N–H and O–H groups in total. The van der Waals surface area contributed by atoms with Crippen LogP contribution in [0.1, 0.15) is 12.8 Å². The van der Waals surface area contributed by atoms with Gasteiger partial charge in [-0.25, -0.2) is 4.98 Å². The van der Waals surface area contributed by atoms with Crippen LogP contribution in [0.4, 0.5) is 0 Å². The quantitative estimate of drug-likeness (QED) is 0.826. The first-order valence-corrected chi connectivity index (χ1v) is 6.54. The van der Waals surface area contributed by atoms with Crippen molar-refractivity contribution in [3.63, 3.8) is 0 Å². The predicted molar refractivity (Wildman–Crippen MR) is 67.2 cm³/mol. The van der Waals surface area contributed by atoms with Crippen molar-refractivity contribution in [2.24, 2.45) is 0 Å². The zero-order valence-corrected chi connectivity index (χ0v) is 10.3. The normalized spacial score (nSPS) is 20.1. The van der Waals surface area contributed by atoms with Crippen molar-refractivity contribution in [3.05, 3.63) is 30.6 Å². The van der Waals surface area contributed by atoms with E-state index in [1.165, 1.54) is 11.8 Å². The lowest BCUT2D eigenvalue weighted by atomic mass is 10.1. The molecule has 0 saturated carbocycles. The molecule has 18 heavy (non-hydrogen) atoms. The maximum Gasteiger partial charge on any atom is 0.240 e. The van der Waals surface area contributed by atoms with Gasteiger partial charge in [0.25, 0.3) is 0 Å². The number of aromatic nitrogens is 2. The fourth-order valence-electron chi connectivity index (χ4n) is 1.92. The van der Waals surface area contributed by atoms with Crippen molar-refractivity contribution >= 4 is 29.1 Å². The summed E-state index contributed by atoms with van der Waals surface area (Å²) < 4.78 is 1.94. The molecule has 6 heteroatoms. The van der Waals surface area contributed by atoms with Crippen molar-refractivity contribution in [1.82, 2.24) is 14.7 Å². The van der Waals surface area contributed by atoms with Crippen LogP contribution in [-0.4, -0.2) is 26.4 Å². The van der Waals surface area contributed by atoms with Crippen molar-refractivity contribution < 1.29 is 9.59 Å². The van der Waals surface area contributed by atoms with Gasteiger partial charge in [0, 0.05) is 12.6 Å². The van der Waals surface area contributed by atoms with Crippen molar-refractivity contribution in [2.75, 3.05) is 0 Å². The molecule has 2 aromatic rings. The molecule has 3 heterocycles. The van der Waals surface area contributed by atoms with E-state index in [2.05, 4.69) is 10.3 Å². The predicted octanol–water partition coefficient (Wildman–Crippen LogP) is 1.23. The number of hydrogen-bond donors (Lipinski definition) is 1. The molecule has 92 valence electrons. The molecule has 1 unspecified atom stereocenters. The van der Waals surface area contributed by atoms with Gasteiger partial charge in [-0.1, -0.05) is 17.8 Å². The molecule has 0 aliphatic carbocycles. The lowest BCUT2D eigenvalue weighted by Crippen LogP contribution is -2.42. The van der Waals surface area contributed by atoms with Crippen LogP contribution < -0.4 is 5.32 Å². The van der Waals surface area contributed by atoms with E-state index in [1.807, 2.05) is 28.8 Å². The topological polar surface area (TPSA) is 63.5 Å². The Hall–Kier alpha value is -1.82. The van der Waals surface area contributed by atoms with Gasteiger partial charge >= 0.3 is 0 Å². The van der Waals surface area contributed by atoms with Crippen molar-refractivity contribution in [3.8, 4) is 0 Å². The molecule has 0 bridgehead atoms. The molecule has 1 aliphatic heterocycles. The van der Waals surface area contributed by atoms with Gasteiger partial charge in [0.2, 0.25) is 11.8 Å². The Labute approximate surface area is 108 Å². The van der Waals surface area contributed by atoms with Gasteiger partial charge in [-0.2, -0.15) is 0 Å². The van der Waals surface area contributed by atoms with E-state index >= 15 is 0 Å². The minimum absolute atomic E-state index is 0.190. The smallest absolute Gasteiger partial charge is 0.240 e. The van der Waals surface area contributed by atoms with Gasteiger partial charge in [-0.3, -0.25) is 19.3 Å². The highest BCUT2D eigenvalue weighted by Gasteiger charge is 2.28. The molecule has 1 saturated heterocycles. The average Bonchev–Trinajstić information content (AvgIpc) is 2.76. The number of rotatable bonds is 2. The third kappa shape index (κ3) is 1.99. The van der Waals surface area contributed by atoms with Crippen LogP contribution >= 0.6 is 11.8 Å². The summed E-state index contributed by atoms with van der Waals surface area (Å²) in [5, 5.41) is 2.89. The summed E-state index contributed by atoms with van der Waals surface area (Å²) in [5.41, 5.74) is 0.993. The summed E-state index contributed by atoms with van der Waals surface area (Å²) in [7, 11) is 0.